The van der Waals surface area contributed by atoms with Gasteiger partial charge < -0.3 is 9.32 Å². The first kappa shape index (κ1) is 21.9. The summed E-state index contributed by atoms with van der Waals surface area (Å²) in [6.45, 7) is 0.139. The van der Waals surface area contributed by atoms with Gasteiger partial charge in [-0.2, -0.15) is 10.2 Å². The molecule has 7 nitrogen and oxygen atoms in total. The second kappa shape index (κ2) is 9.59. The van der Waals surface area contributed by atoms with E-state index in [0.29, 0.717) is 11.5 Å². The summed E-state index contributed by atoms with van der Waals surface area (Å²) in [5, 5.41) is 8.92. The van der Waals surface area contributed by atoms with Gasteiger partial charge in [0.25, 0.3) is 5.91 Å². The summed E-state index contributed by atoms with van der Waals surface area (Å²) in [6, 6.07) is 29.6. The zero-order valence-electron chi connectivity index (χ0n) is 19.1. The second-order valence-corrected chi connectivity index (χ2v) is 9.19. The highest BCUT2D eigenvalue weighted by atomic mass is 32.2. The molecule has 1 aliphatic rings. The third-order valence-electron chi connectivity index (χ3n) is 5.74. The molecule has 0 spiro atoms. The van der Waals surface area contributed by atoms with Crippen molar-refractivity contribution in [2.45, 2.75) is 9.79 Å². The lowest BCUT2D eigenvalue weighted by Gasteiger charge is -2.31. The van der Waals surface area contributed by atoms with Crippen LogP contribution in [0.25, 0.3) is 17.1 Å². The second-order valence-electron chi connectivity index (χ2n) is 8.11. The molecule has 0 unspecified atom stereocenters. The summed E-state index contributed by atoms with van der Waals surface area (Å²) in [7, 11) is 0. The topological polar surface area (TPSA) is 75.7 Å². The number of nitrogens with zero attached hydrogens (tertiary/aromatic N) is 4. The molecule has 3 aromatic carbocycles. The Morgan fingerprint density at radius 3 is 2.31 bits per heavy atom. The molecule has 0 radical (unpaired) electrons. The number of rotatable bonds is 6. The first-order valence-electron chi connectivity index (χ1n) is 11.4. The van der Waals surface area contributed by atoms with E-state index in [0.717, 1.165) is 32.4 Å². The number of hydrazone groups is 1. The first-order valence-corrected chi connectivity index (χ1v) is 12.2. The van der Waals surface area contributed by atoms with E-state index in [1.165, 1.54) is 0 Å². The highest BCUT2D eigenvalue weighted by Crippen LogP contribution is 2.47. The van der Waals surface area contributed by atoms with Crippen molar-refractivity contribution in [3.05, 3.63) is 109 Å². The van der Waals surface area contributed by atoms with E-state index in [-0.39, 0.29) is 12.5 Å². The van der Waals surface area contributed by atoms with Gasteiger partial charge in [-0.25, -0.2) is 10.1 Å². The Hall–Kier alpha value is -4.56. The number of furan rings is 1. The van der Waals surface area contributed by atoms with Crippen molar-refractivity contribution in [3.63, 3.8) is 0 Å². The summed E-state index contributed by atoms with van der Waals surface area (Å²) in [4.78, 5) is 17.2. The fourth-order valence-corrected chi connectivity index (χ4v) is 5.20. The Morgan fingerprint density at radius 1 is 0.917 bits per heavy atom. The summed E-state index contributed by atoms with van der Waals surface area (Å²) in [5.74, 6) is 0.397. The van der Waals surface area contributed by atoms with Gasteiger partial charge in [0.15, 0.2) is 5.76 Å². The first-order chi connectivity index (χ1) is 17.8. The van der Waals surface area contributed by atoms with E-state index in [4.69, 9.17) is 4.42 Å². The van der Waals surface area contributed by atoms with E-state index < -0.39 is 0 Å². The fourth-order valence-electron chi connectivity index (χ4n) is 4.10. The molecule has 0 bridgehead atoms. The van der Waals surface area contributed by atoms with E-state index in [2.05, 4.69) is 27.8 Å². The van der Waals surface area contributed by atoms with Gasteiger partial charge in [0.2, 0.25) is 0 Å². The molecular formula is C28H21N5O2S. The van der Waals surface area contributed by atoms with Crippen molar-refractivity contribution in [3.8, 4) is 17.1 Å². The lowest BCUT2D eigenvalue weighted by Crippen LogP contribution is -2.33. The summed E-state index contributed by atoms with van der Waals surface area (Å²) in [5.41, 5.74) is 6.95. The number of hydrogen-bond donors (Lipinski definition) is 1. The molecule has 0 saturated heterocycles. The van der Waals surface area contributed by atoms with Crippen LogP contribution in [0.1, 0.15) is 5.56 Å². The minimum atomic E-state index is -0.224. The Balaban J connectivity index is 1.23. The molecule has 8 heteroatoms. The average molecular weight is 492 g/mol. The van der Waals surface area contributed by atoms with Gasteiger partial charge in [-0.05, 0) is 48.5 Å². The predicted molar refractivity (Wildman–Crippen MR) is 141 cm³/mol. The van der Waals surface area contributed by atoms with Crippen LogP contribution in [0.5, 0.6) is 0 Å². The number of aromatic nitrogens is 2. The van der Waals surface area contributed by atoms with E-state index >= 15 is 0 Å². The zero-order chi connectivity index (χ0) is 24.3. The van der Waals surface area contributed by atoms with Crippen LogP contribution in [0.3, 0.4) is 0 Å². The highest BCUT2D eigenvalue weighted by Gasteiger charge is 2.24. The molecule has 36 heavy (non-hydrogen) atoms. The molecule has 0 fully saturated rings. The molecule has 176 valence electrons. The maximum atomic E-state index is 12.9. The largest absolute Gasteiger partial charge is 0.463 e. The molecule has 6 rings (SSSR count). The van der Waals surface area contributed by atoms with Gasteiger partial charge >= 0.3 is 0 Å². The van der Waals surface area contributed by atoms with Crippen LogP contribution >= 0.6 is 11.8 Å². The van der Waals surface area contributed by atoms with Crippen molar-refractivity contribution >= 4 is 35.3 Å². The lowest BCUT2D eigenvalue weighted by molar-refractivity contribution is -0.119. The van der Waals surface area contributed by atoms with Crippen molar-refractivity contribution in [2.75, 3.05) is 11.4 Å². The monoisotopic (exact) mass is 491 g/mol. The Labute approximate surface area is 212 Å². The third-order valence-corrected chi connectivity index (χ3v) is 6.87. The van der Waals surface area contributed by atoms with E-state index in [1.54, 1.807) is 28.9 Å². The van der Waals surface area contributed by atoms with Crippen LogP contribution in [-0.2, 0) is 4.79 Å². The van der Waals surface area contributed by atoms with Crippen LogP contribution in [0, 0.1) is 0 Å². The van der Waals surface area contributed by atoms with Gasteiger partial charge in [-0.1, -0.05) is 54.2 Å². The normalized spacial score (nSPS) is 12.4. The van der Waals surface area contributed by atoms with Gasteiger partial charge in [0.1, 0.15) is 12.2 Å². The number of anilines is 2. The van der Waals surface area contributed by atoms with Gasteiger partial charge in [0, 0.05) is 21.6 Å². The molecule has 5 aromatic rings. The van der Waals surface area contributed by atoms with Crippen molar-refractivity contribution in [2.24, 2.45) is 5.10 Å². The van der Waals surface area contributed by atoms with Crippen LogP contribution < -0.4 is 10.3 Å². The van der Waals surface area contributed by atoms with Gasteiger partial charge in [-0.3, -0.25) is 4.79 Å². The van der Waals surface area contributed by atoms with Crippen LogP contribution in [0.4, 0.5) is 11.4 Å². The number of hydrogen-bond acceptors (Lipinski definition) is 6. The number of carbonyl (C=O) groups is 1. The standard InChI is InChI=1S/C28H21N5O2S/c34-27(19-32-22-11-4-6-14-25(22)36-26-15-7-5-12-23(26)32)30-29-17-20-18-33(21-9-2-1-3-10-21)31-28(20)24-13-8-16-35-24/h1-18H,19H2,(H,30,34)/b29-17+. The minimum absolute atomic E-state index is 0.139. The van der Waals surface area contributed by atoms with Crippen LogP contribution in [-0.4, -0.2) is 28.4 Å². The van der Waals surface area contributed by atoms with Crippen molar-refractivity contribution in [1.29, 1.82) is 0 Å². The number of fused-ring (bicyclic) bond motifs is 2. The van der Waals surface area contributed by atoms with E-state index in [9.17, 15) is 4.79 Å². The Bertz CT molecular complexity index is 1500. The molecule has 3 heterocycles. The van der Waals surface area contributed by atoms with Crippen molar-refractivity contribution in [1.82, 2.24) is 15.2 Å². The molecule has 1 aliphatic heterocycles. The third kappa shape index (κ3) is 4.30. The predicted octanol–water partition coefficient (Wildman–Crippen LogP) is 5.89. The van der Waals surface area contributed by atoms with Crippen LogP contribution in [0.2, 0.25) is 0 Å². The number of carbonyl (C=O) groups excluding carboxylic acids is 1. The number of nitrogens with one attached hydrogen (secondary N) is 1. The molecule has 1 amide bonds. The Morgan fingerprint density at radius 2 is 1.61 bits per heavy atom. The van der Waals surface area contributed by atoms with Crippen molar-refractivity contribution < 1.29 is 9.21 Å². The molecule has 2 aromatic heterocycles. The maximum Gasteiger partial charge on any atom is 0.260 e. The number of amides is 1. The zero-order valence-corrected chi connectivity index (χ0v) is 19.9. The summed E-state index contributed by atoms with van der Waals surface area (Å²) in [6.07, 6.45) is 5.06. The average Bonchev–Trinajstić information content (AvgIpc) is 3.59. The number of benzene rings is 3. The maximum absolute atomic E-state index is 12.9. The Kier molecular flexibility index (Phi) is 5.85. The lowest BCUT2D eigenvalue weighted by atomic mass is 10.2. The summed E-state index contributed by atoms with van der Waals surface area (Å²) < 4.78 is 7.33. The smallest absolute Gasteiger partial charge is 0.260 e. The molecule has 1 N–H and O–H groups in total. The van der Waals surface area contributed by atoms with Gasteiger partial charge in [0.05, 0.1) is 29.5 Å². The van der Waals surface area contributed by atoms with Gasteiger partial charge in [-0.15, -0.1) is 0 Å². The summed E-state index contributed by atoms with van der Waals surface area (Å²) >= 11 is 1.71. The van der Waals surface area contributed by atoms with E-state index in [1.807, 2.05) is 90.0 Å². The highest BCUT2D eigenvalue weighted by molar-refractivity contribution is 7.99. The molecule has 0 saturated carbocycles. The minimum Gasteiger partial charge on any atom is -0.463 e. The van der Waals surface area contributed by atoms with Crippen LogP contribution in [0.15, 0.2) is 123 Å². The molecule has 0 atom stereocenters. The molecular weight excluding hydrogens is 470 g/mol. The SMILES string of the molecule is O=C(CN1c2ccccc2Sc2ccccc21)N/N=C/c1cn(-c2ccccc2)nc1-c1ccco1. The molecule has 0 aliphatic carbocycles. The fraction of sp³-hybridized carbons (Fsp3) is 0.0357. The quantitative estimate of drug-likeness (QED) is 0.237. The number of para-hydroxylation sites is 3.